The van der Waals surface area contributed by atoms with Gasteiger partial charge in [-0.05, 0) is 29.6 Å². The normalized spacial score (nSPS) is 12.8. The maximum absolute atomic E-state index is 12.6. The topological polar surface area (TPSA) is 80.8 Å². The Kier molecular flexibility index (Phi) is 4.58. The number of amides is 2. The average Bonchev–Trinajstić information content (AvgIpc) is 3.34. The van der Waals surface area contributed by atoms with Gasteiger partial charge in [0.25, 0.3) is 11.8 Å². The van der Waals surface area contributed by atoms with Gasteiger partial charge in [-0.25, -0.2) is 9.69 Å². The van der Waals surface area contributed by atoms with Crippen molar-refractivity contribution in [1.29, 1.82) is 0 Å². The van der Waals surface area contributed by atoms with Crippen LogP contribution in [-0.2, 0) is 4.74 Å². The zero-order valence-corrected chi connectivity index (χ0v) is 15.3. The van der Waals surface area contributed by atoms with Gasteiger partial charge in [0.05, 0.1) is 21.6 Å². The Morgan fingerprint density at radius 1 is 0.821 bits per heavy atom. The minimum atomic E-state index is -0.780. The van der Waals surface area contributed by atoms with E-state index in [4.69, 9.17) is 4.74 Å². The molecule has 0 N–H and O–H groups in total. The van der Waals surface area contributed by atoms with Gasteiger partial charge < -0.3 is 4.74 Å². The van der Waals surface area contributed by atoms with Crippen LogP contribution in [0.25, 0.3) is 0 Å². The lowest BCUT2D eigenvalue weighted by molar-refractivity contribution is 0.0226. The van der Waals surface area contributed by atoms with Gasteiger partial charge >= 0.3 is 5.97 Å². The van der Waals surface area contributed by atoms with Crippen LogP contribution in [-0.4, -0.2) is 35.2 Å². The molecule has 0 bridgehead atoms. The van der Waals surface area contributed by atoms with Gasteiger partial charge in [0.2, 0.25) is 5.78 Å². The lowest BCUT2D eigenvalue weighted by Gasteiger charge is -2.14. The molecule has 4 rings (SSSR count). The summed E-state index contributed by atoms with van der Waals surface area (Å²) in [4.78, 5) is 51.3. The highest BCUT2D eigenvalue weighted by Crippen LogP contribution is 2.23. The summed E-state index contributed by atoms with van der Waals surface area (Å²) in [6.07, 6.45) is 0. The van der Waals surface area contributed by atoms with Crippen molar-refractivity contribution in [2.45, 2.75) is 0 Å². The van der Waals surface area contributed by atoms with E-state index in [9.17, 15) is 19.2 Å². The SMILES string of the molecule is O=C(OCN1C(=O)c2ccccc2C1=O)c1ccccc1C(=O)c1cccs1. The molecule has 28 heavy (non-hydrogen) atoms. The molecular formula is C21H13NO5S. The number of benzene rings is 2. The van der Waals surface area contributed by atoms with E-state index < -0.39 is 24.5 Å². The maximum Gasteiger partial charge on any atom is 0.340 e. The monoisotopic (exact) mass is 391 g/mol. The molecule has 1 aliphatic rings. The van der Waals surface area contributed by atoms with Crippen LogP contribution in [0.5, 0.6) is 0 Å². The molecule has 6 nitrogen and oxygen atoms in total. The number of nitrogens with zero attached hydrogens (tertiary/aromatic N) is 1. The van der Waals surface area contributed by atoms with Crippen molar-refractivity contribution >= 4 is 34.9 Å². The highest BCUT2D eigenvalue weighted by atomic mass is 32.1. The Balaban J connectivity index is 1.52. The van der Waals surface area contributed by atoms with Crippen LogP contribution in [0.4, 0.5) is 0 Å². The first-order valence-electron chi connectivity index (χ1n) is 8.37. The number of carbonyl (C=O) groups is 4. The molecule has 3 aromatic rings. The molecule has 138 valence electrons. The molecule has 2 amide bonds. The number of ether oxygens (including phenoxy) is 1. The highest BCUT2D eigenvalue weighted by molar-refractivity contribution is 7.12. The predicted molar refractivity (Wildman–Crippen MR) is 101 cm³/mol. The van der Waals surface area contributed by atoms with Gasteiger partial charge in [0.15, 0.2) is 6.73 Å². The molecule has 1 aromatic heterocycles. The quantitative estimate of drug-likeness (QED) is 0.378. The Morgan fingerprint density at radius 3 is 2.04 bits per heavy atom. The van der Waals surface area contributed by atoms with Gasteiger partial charge in [-0.1, -0.05) is 36.4 Å². The number of hydrogen-bond donors (Lipinski definition) is 0. The van der Waals surface area contributed by atoms with Crippen LogP contribution in [0.15, 0.2) is 66.0 Å². The Morgan fingerprint density at radius 2 is 1.43 bits per heavy atom. The number of fused-ring (bicyclic) bond motifs is 1. The summed E-state index contributed by atoms with van der Waals surface area (Å²) < 4.78 is 5.19. The summed E-state index contributed by atoms with van der Waals surface area (Å²) >= 11 is 1.27. The van der Waals surface area contributed by atoms with Crippen molar-refractivity contribution < 1.29 is 23.9 Å². The lowest BCUT2D eigenvalue weighted by atomic mass is 10.0. The first-order chi connectivity index (χ1) is 13.6. The molecule has 2 heterocycles. The van der Waals surface area contributed by atoms with Crippen LogP contribution < -0.4 is 0 Å². The third kappa shape index (κ3) is 3.01. The van der Waals surface area contributed by atoms with Gasteiger partial charge in [-0.15, -0.1) is 11.3 Å². The van der Waals surface area contributed by atoms with Gasteiger partial charge in [0, 0.05) is 5.56 Å². The number of carbonyl (C=O) groups excluding carboxylic acids is 4. The summed E-state index contributed by atoms with van der Waals surface area (Å²) in [7, 11) is 0. The largest absolute Gasteiger partial charge is 0.440 e. The van der Waals surface area contributed by atoms with Crippen LogP contribution >= 0.6 is 11.3 Å². The zero-order valence-electron chi connectivity index (χ0n) is 14.5. The second kappa shape index (κ2) is 7.21. The van der Waals surface area contributed by atoms with Gasteiger partial charge in [0.1, 0.15) is 0 Å². The molecule has 0 unspecified atom stereocenters. The molecule has 0 saturated carbocycles. The van der Waals surface area contributed by atoms with Crippen molar-refractivity contribution in [2.75, 3.05) is 6.73 Å². The minimum Gasteiger partial charge on any atom is -0.440 e. The molecule has 0 radical (unpaired) electrons. The number of esters is 1. The summed E-state index contributed by atoms with van der Waals surface area (Å²) in [5.41, 5.74) is 0.837. The molecule has 2 aromatic carbocycles. The average molecular weight is 391 g/mol. The molecule has 0 spiro atoms. The van der Waals surface area contributed by atoms with E-state index in [0.717, 1.165) is 4.90 Å². The van der Waals surface area contributed by atoms with Crippen molar-refractivity contribution in [3.8, 4) is 0 Å². The number of hydrogen-bond acceptors (Lipinski definition) is 6. The third-order valence-corrected chi connectivity index (χ3v) is 5.21. The molecule has 0 aliphatic carbocycles. The Hall–Kier alpha value is -3.58. The second-order valence-corrected chi connectivity index (χ2v) is 6.94. The second-order valence-electron chi connectivity index (χ2n) is 6.00. The van der Waals surface area contributed by atoms with Crippen molar-refractivity contribution in [1.82, 2.24) is 4.90 Å². The zero-order chi connectivity index (χ0) is 19.7. The first-order valence-corrected chi connectivity index (χ1v) is 9.25. The van der Waals surface area contributed by atoms with E-state index in [2.05, 4.69) is 0 Å². The van der Waals surface area contributed by atoms with Gasteiger partial charge in [-0.2, -0.15) is 0 Å². The number of ketones is 1. The van der Waals surface area contributed by atoms with E-state index in [1.165, 1.54) is 17.4 Å². The fraction of sp³-hybridized carbons (Fsp3) is 0.0476. The lowest BCUT2D eigenvalue weighted by Crippen LogP contribution is -2.33. The predicted octanol–water partition coefficient (Wildman–Crippen LogP) is 3.39. The molecule has 0 fully saturated rings. The van der Waals surface area contributed by atoms with Crippen LogP contribution in [0, 0.1) is 0 Å². The standard InChI is InChI=1S/C21H13NO5S/c23-18(17-10-5-11-28-17)13-6-1-4-9-16(13)21(26)27-12-22-19(24)14-7-2-3-8-15(14)20(22)25/h1-11H,12H2. The van der Waals surface area contributed by atoms with Gasteiger partial charge in [-0.3, -0.25) is 14.4 Å². The van der Waals surface area contributed by atoms with Crippen molar-refractivity contribution in [2.24, 2.45) is 0 Å². The van der Waals surface area contributed by atoms with Crippen molar-refractivity contribution in [3.63, 3.8) is 0 Å². The summed E-state index contributed by atoms with van der Waals surface area (Å²) in [5, 5.41) is 1.77. The van der Waals surface area contributed by atoms with E-state index in [1.807, 2.05) is 0 Å². The maximum atomic E-state index is 12.6. The van der Waals surface area contributed by atoms with Crippen molar-refractivity contribution in [3.05, 3.63) is 93.2 Å². The van der Waals surface area contributed by atoms with E-state index in [1.54, 1.807) is 60.0 Å². The summed E-state index contributed by atoms with van der Waals surface area (Å²) in [6.45, 7) is -0.521. The Bertz CT molecular complexity index is 1070. The molecule has 0 saturated heterocycles. The fourth-order valence-corrected chi connectivity index (χ4v) is 3.63. The molecular weight excluding hydrogens is 378 g/mol. The first kappa shape index (κ1) is 17.8. The molecule has 0 atom stereocenters. The number of rotatable bonds is 5. The third-order valence-electron chi connectivity index (χ3n) is 4.34. The van der Waals surface area contributed by atoms with Crippen LogP contribution in [0.2, 0.25) is 0 Å². The van der Waals surface area contributed by atoms with E-state index >= 15 is 0 Å². The highest BCUT2D eigenvalue weighted by Gasteiger charge is 2.36. The number of imide groups is 1. The minimum absolute atomic E-state index is 0.0810. The molecule has 7 heteroatoms. The van der Waals surface area contributed by atoms with Crippen LogP contribution in [0.3, 0.4) is 0 Å². The summed E-state index contributed by atoms with van der Waals surface area (Å²) in [5.74, 6) is -2.10. The Labute approximate surface area is 164 Å². The van der Waals surface area contributed by atoms with E-state index in [0.29, 0.717) is 4.88 Å². The fourth-order valence-electron chi connectivity index (χ4n) is 2.96. The van der Waals surface area contributed by atoms with Crippen LogP contribution in [0.1, 0.15) is 46.3 Å². The smallest absolute Gasteiger partial charge is 0.340 e. The summed E-state index contributed by atoms with van der Waals surface area (Å²) in [6, 6.07) is 16.1. The number of thiophene rings is 1. The molecule has 1 aliphatic heterocycles. The van der Waals surface area contributed by atoms with E-state index in [-0.39, 0.29) is 28.0 Å².